The van der Waals surface area contributed by atoms with Crippen molar-refractivity contribution in [2.45, 2.75) is 19.4 Å². The lowest BCUT2D eigenvalue weighted by molar-refractivity contribution is -0.156. The predicted octanol–water partition coefficient (Wildman–Crippen LogP) is 3.91. The van der Waals surface area contributed by atoms with Gasteiger partial charge in [-0.15, -0.1) is 0 Å². The van der Waals surface area contributed by atoms with Crippen LogP contribution in [-0.2, 0) is 9.53 Å². The molecule has 0 aromatic heterocycles. The van der Waals surface area contributed by atoms with Crippen LogP contribution in [0.1, 0.15) is 29.8 Å². The zero-order valence-electron chi connectivity index (χ0n) is 14.0. The van der Waals surface area contributed by atoms with Crippen LogP contribution in [0.3, 0.4) is 0 Å². The van der Waals surface area contributed by atoms with E-state index in [-0.39, 0.29) is 5.78 Å². The number of carbonyl (C=O) groups is 2. The molecule has 0 atom stereocenters. The topological polar surface area (TPSA) is 52.6 Å². The summed E-state index contributed by atoms with van der Waals surface area (Å²) in [4.78, 5) is 23.6. The van der Waals surface area contributed by atoms with Crippen LogP contribution in [0, 0.1) is 0 Å². The third-order valence-corrected chi connectivity index (χ3v) is 3.42. The van der Waals surface area contributed by atoms with E-state index in [9.17, 15) is 9.59 Å². The van der Waals surface area contributed by atoms with Crippen LogP contribution < -0.4 is 4.74 Å². The third kappa shape index (κ3) is 4.56. The maximum absolute atomic E-state index is 12.0. The van der Waals surface area contributed by atoms with E-state index in [1.807, 2.05) is 30.3 Å². The number of benzene rings is 2. The molecule has 4 nitrogen and oxygen atoms in total. The highest BCUT2D eigenvalue weighted by Crippen LogP contribution is 2.20. The Morgan fingerprint density at radius 2 is 1.58 bits per heavy atom. The summed E-state index contributed by atoms with van der Waals surface area (Å²) in [6, 6.07) is 16.2. The molecule has 0 saturated carbocycles. The first-order valence-electron chi connectivity index (χ1n) is 7.57. The van der Waals surface area contributed by atoms with Crippen LogP contribution in [0.5, 0.6) is 5.75 Å². The number of hydrogen-bond acceptors (Lipinski definition) is 4. The molecule has 0 fully saturated rings. The summed E-state index contributed by atoms with van der Waals surface area (Å²) in [6.07, 6.45) is 3.27. The Morgan fingerprint density at radius 1 is 0.958 bits per heavy atom. The molecule has 0 radical (unpaired) electrons. The largest absolute Gasteiger partial charge is 0.476 e. The highest BCUT2D eigenvalue weighted by atomic mass is 16.6. The SMILES string of the molecule is COC(=O)C(C)(C)Oc1ccc(C=CC(=O)c2ccccc2)cc1. The molecule has 24 heavy (non-hydrogen) atoms. The molecule has 0 aliphatic heterocycles. The zero-order valence-corrected chi connectivity index (χ0v) is 14.0. The molecule has 2 aromatic carbocycles. The second-order valence-corrected chi connectivity index (χ2v) is 5.74. The van der Waals surface area contributed by atoms with Crippen LogP contribution in [0.2, 0.25) is 0 Å². The summed E-state index contributed by atoms with van der Waals surface area (Å²) in [5.74, 6) is 0.0552. The van der Waals surface area contributed by atoms with E-state index in [0.717, 1.165) is 5.56 Å². The van der Waals surface area contributed by atoms with Crippen molar-refractivity contribution >= 4 is 17.8 Å². The van der Waals surface area contributed by atoms with E-state index in [1.54, 1.807) is 44.2 Å². The molecular formula is C20H20O4. The lowest BCUT2D eigenvalue weighted by Crippen LogP contribution is -2.39. The number of hydrogen-bond donors (Lipinski definition) is 0. The molecule has 2 rings (SSSR count). The maximum Gasteiger partial charge on any atom is 0.349 e. The van der Waals surface area contributed by atoms with E-state index in [0.29, 0.717) is 11.3 Å². The zero-order chi connectivity index (χ0) is 17.6. The minimum absolute atomic E-state index is 0.0530. The van der Waals surface area contributed by atoms with Gasteiger partial charge in [-0.1, -0.05) is 48.5 Å². The molecule has 124 valence electrons. The highest BCUT2D eigenvalue weighted by Gasteiger charge is 2.30. The minimum Gasteiger partial charge on any atom is -0.476 e. The Kier molecular flexibility index (Phi) is 5.53. The first-order valence-corrected chi connectivity index (χ1v) is 7.57. The summed E-state index contributed by atoms with van der Waals surface area (Å²) in [7, 11) is 1.32. The number of allylic oxidation sites excluding steroid dienone is 1. The summed E-state index contributed by atoms with van der Waals surface area (Å²) in [5, 5.41) is 0. The number of esters is 1. The van der Waals surface area contributed by atoms with Gasteiger partial charge in [0.05, 0.1) is 7.11 Å². The van der Waals surface area contributed by atoms with Gasteiger partial charge in [0.2, 0.25) is 0 Å². The first-order chi connectivity index (χ1) is 11.4. The van der Waals surface area contributed by atoms with Gasteiger partial charge in [-0.05, 0) is 37.6 Å². The first kappa shape index (κ1) is 17.5. The van der Waals surface area contributed by atoms with E-state index >= 15 is 0 Å². The third-order valence-electron chi connectivity index (χ3n) is 3.42. The molecule has 2 aromatic rings. The fraction of sp³-hybridized carbons (Fsp3) is 0.200. The highest BCUT2D eigenvalue weighted by molar-refractivity contribution is 6.06. The van der Waals surface area contributed by atoms with Crippen molar-refractivity contribution in [2.24, 2.45) is 0 Å². The van der Waals surface area contributed by atoms with Gasteiger partial charge in [-0.2, -0.15) is 0 Å². The van der Waals surface area contributed by atoms with Crippen LogP contribution in [0.15, 0.2) is 60.7 Å². The fourth-order valence-electron chi connectivity index (χ4n) is 2.10. The van der Waals surface area contributed by atoms with Crippen molar-refractivity contribution in [3.8, 4) is 5.75 Å². The van der Waals surface area contributed by atoms with Crippen LogP contribution in [0.25, 0.3) is 6.08 Å². The van der Waals surface area contributed by atoms with Crippen molar-refractivity contribution in [3.63, 3.8) is 0 Å². The van der Waals surface area contributed by atoms with Crippen LogP contribution in [-0.4, -0.2) is 24.5 Å². The van der Waals surface area contributed by atoms with Gasteiger partial charge in [0, 0.05) is 5.56 Å². The molecular weight excluding hydrogens is 304 g/mol. The summed E-state index contributed by atoms with van der Waals surface area (Å²) in [6.45, 7) is 3.29. The Bertz CT molecular complexity index is 728. The number of ketones is 1. The Morgan fingerprint density at radius 3 is 2.17 bits per heavy atom. The second kappa shape index (κ2) is 7.59. The molecule has 4 heteroatoms. The molecule has 0 bridgehead atoms. The molecule has 0 unspecified atom stereocenters. The molecule has 0 spiro atoms. The molecule has 0 N–H and O–H groups in total. The van der Waals surface area contributed by atoms with Crippen molar-refractivity contribution in [3.05, 3.63) is 71.8 Å². The van der Waals surface area contributed by atoms with Gasteiger partial charge in [0.1, 0.15) is 5.75 Å². The van der Waals surface area contributed by atoms with Crippen molar-refractivity contribution < 1.29 is 19.1 Å². The van der Waals surface area contributed by atoms with E-state index in [1.165, 1.54) is 13.2 Å². The lowest BCUT2D eigenvalue weighted by atomic mass is 10.1. The lowest BCUT2D eigenvalue weighted by Gasteiger charge is -2.23. The standard InChI is InChI=1S/C20H20O4/c1-20(2,19(22)23-3)24-17-12-9-15(10-13-17)11-14-18(21)16-7-5-4-6-8-16/h4-14H,1-3H3. The minimum atomic E-state index is -1.06. The average molecular weight is 324 g/mol. The monoisotopic (exact) mass is 324 g/mol. The van der Waals surface area contributed by atoms with Gasteiger partial charge >= 0.3 is 5.97 Å². The van der Waals surface area contributed by atoms with E-state index in [4.69, 9.17) is 9.47 Å². The molecule has 0 aliphatic carbocycles. The van der Waals surface area contributed by atoms with Gasteiger partial charge in [0.25, 0.3) is 0 Å². The molecule has 0 saturated heterocycles. The van der Waals surface area contributed by atoms with Gasteiger partial charge in [-0.3, -0.25) is 4.79 Å². The van der Waals surface area contributed by atoms with Gasteiger partial charge in [0.15, 0.2) is 11.4 Å². The van der Waals surface area contributed by atoms with Crippen molar-refractivity contribution in [1.82, 2.24) is 0 Å². The van der Waals surface area contributed by atoms with Crippen molar-refractivity contribution in [1.29, 1.82) is 0 Å². The quantitative estimate of drug-likeness (QED) is 0.459. The van der Waals surface area contributed by atoms with Crippen LogP contribution in [0.4, 0.5) is 0 Å². The molecule has 0 heterocycles. The predicted molar refractivity (Wildman–Crippen MR) is 93.0 cm³/mol. The average Bonchev–Trinajstić information content (AvgIpc) is 2.60. The second-order valence-electron chi connectivity index (χ2n) is 5.74. The van der Waals surface area contributed by atoms with E-state index in [2.05, 4.69) is 0 Å². The fourth-order valence-corrected chi connectivity index (χ4v) is 2.10. The maximum atomic E-state index is 12.0. The molecule has 0 aliphatic rings. The van der Waals surface area contributed by atoms with Crippen LogP contribution >= 0.6 is 0 Å². The van der Waals surface area contributed by atoms with Gasteiger partial charge in [-0.25, -0.2) is 4.79 Å². The number of carbonyl (C=O) groups excluding carboxylic acids is 2. The molecule has 0 amide bonds. The Labute approximate surface area is 141 Å². The smallest absolute Gasteiger partial charge is 0.349 e. The Balaban J connectivity index is 2.03. The summed E-state index contributed by atoms with van der Waals surface area (Å²) >= 11 is 0. The van der Waals surface area contributed by atoms with Crippen molar-refractivity contribution in [2.75, 3.05) is 7.11 Å². The normalized spacial score (nSPS) is 11.3. The Hall–Kier alpha value is -2.88. The number of methoxy groups -OCH3 is 1. The van der Waals surface area contributed by atoms with E-state index < -0.39 is 11.6 Å². The van der Waals surface area contributed by atoms with Gasteiger partial charge < -0.3 is 9.47 Å². The number of rotatable bonds is 6. The summed E-state index contributed by atoms with van der Waals surface area (Å²) in [5.41, 5.74) is 0.450. The number of ether oxygens (including phenoxy) is 2. The summed E-state index contributed by atoms with van der Waals surface area (Å²) < 4.78 is 10.3.